The molecule has 0 heterocycles. The molecular weight excluding hydrogens is 464 g/mol. The van der Waals surface area contributed by atoms with Gasteiger partial charge in [-0.25, -0.2) is 0 Å². The molecule has 0 spiro atoms. The number of phenols is 1. The van der Waals surface area contributed by atoms with E-state index in [9.17, 15) is 24.6 Å². The van der Waals surface area contributed by atoms with Crippen LogP contribution in [0.3, 0.4) is 0 Å². The Kier molecular flexibility index (Phi) is 6.13. The van der Waals surface area contributed by atoms with E-state index >= 15 is 0 Å². The highest BCUT2D eigenvalue weighted by Gasteiger charge is 2.48. The summed E-state index contributed by atoms with van der Waals surface area (Å²) in [6.07, 6.45) is 0.912. The lowest BCUT2D eigenvalue weighted by Crippen LogP contribution is -2.43. The molecule has 0 aliphatic heterocycles. The van der Waals surface area contributed by atoms with Crippen LogP contribution < -0.4 is 4.74 Å². The van der Waals surface area contributed by atoms with E-state index in [-0.39, 0.29) is 65.9 Å². The zero-order valence-corrected chi connectivity index (χ0v) is 20.1. The van der Waals surface area contributed by atoms with Crippen molar-refractivity contribution in [3.05, 3.63) is 33.5 Å². The van der Waals surface area contributed by atoms with Crippen LogP contribution in [-0.2, 0) is 14.4 Å². The van der Waals surface area contributed by atoms with Crippen molar-refractivity contribution in [1.29, 1.82) is 0 Å². The molecule has 2 N–H and O–H groups in total. The van der Waals surface area contributed by atoms with Gasteiger partial charge in [-0.15, -0.1) is 0 Å². The molecule has 0 bridgehead atoms. The van der Waals surface area contributed by atoms with Gasteiger partial charge < -0.3 is 14.9 Å². The monoisotopic (exact) mass is 492 g/mol. The zero-order chi connectivity index (χ0) is 23.3. The van der Waals surface area contributed by atoms with Gasteiger partial charge in [-0.1, -0.05) is 27.7 Å². The Hall–Kier alpha value is -2.15. The summed E-state index contributed by atoms with van der Waals surface area (Å²) in [6, 6.07) is 3.11. The molecule has 1 atom stereocenters. The normalized spacial score (nSPS) is 22.6. The molecular formula is C24H29BrO6. The number of phenolic OH excluding ortho intramolecular Hbond substituents is 1. The van der Waals surface area contributed by atoms with Crippen molar-refractivity contribution in [2.45, 2.75) is 59.3 Å². The van der Waals surface area contributed by atoms with E-state index in [2.05, 4.69) is 15.9 Å². The number of rotatable bonds is 4. The van der Waals surface area contributed by atoms with Crippen LogP contribution in [0.15, 0.2) is 27.9 Å². The van der Waals surface area contributed by atoms with Crippen LogP contribution in [0.25, 0.3) is 0 Å². The van der Waals surface area contributed by atoms with Gasteiger partial charge in [-0.2, -0.15) is 0 Å². The van der Waals surface area contributed by atoms with Gasteiger partial charge in [0.2, 0.25) is 0 Å². The molecule has 1 aromatic rings. The average molecular weight is 493 g/mol. The summed E-state index contributed by atoms with van der Waals surface area (Å²) in [5.41, 5.74) is -0.282. The van der Waals surface area contributed by atoms with Crippen molar-refractivity contribution in [1.82, 2.24) is 0 Å². The maximum atomic E-state index is 13.2. The molecule has 168 valence electrons. The summed E-state index contributed by atoms with van der Waals surface area (Å²) in [5, 5.41) is 21.1. The van der Waals surface area contributed by atoms with Crippen LogP contribution in [0, 0.1) is 16.7 Å². The largest absolute Gasteiger partial charge is 0.512 e. The Bertz CT molecular complexity index is 968. The molecule has 0 unspecified atom stereocenters. The molecule has 7 heteroatoms. The van der Waals surface area contributed by atoms with E-state index in [0.29, 0.717) is 10.0 Å². The van der Waals surface area contributed by atoms with Crippen LogP contribution in [0.5, 0.6) is 11.5 Å². The standard InChI is InChI=1S/C24H29BrO6/c1-23(2)8-14(26)20(15(27)9-23)19(12-6-13(25)22(30)18(7-12)31-5)21-16(28)10-24(3,4)11-17(21)29/h6-7,19-20,28,30H,8-11H2,1-5H3/t19-/m1/s1. The lowest BCUT2D eigenvalue weighted by atomic mass is 9.62. The Balaban J connectivity index is 2.24. The SMILES string of the molecule is COc1cc([C@@H](C2=C(O)CC(C)(C)CC2=O)C2C(=O)CC(C)(C)CC2=O)cc(Br)c1O. The van der Waals surface area contributed by atoms with Gasteiger partial charge in [0.25, 0.3) is 0 Å². The number of aliphatic hydroxyl groups is 1. The first-order valence-electron chi connectivity index (χ1n) is 10.3. The predicted octanol–water partition coefficient (Wildman–Crippen LogP) is 5.02. The number of carbonyl (C=O) groups is 3. The molecule has 1 saturated carbocycles. The summed E-state index contributed by atoms with van der Waals surface area (Å²) in [6.45, 7) is 7.54. The van der Waals surface area contributed by atoms with Gasteiger partial charge >= 0.3 is 0 Å². The van der Waals surface area contributed by atoms with Crippen molar-refractivity contribution in [3.63, 3.8) is 0 Å². The third-order valence-electron chi connectivity index (χ3n) is 6.17. The molecule has 0 radical (unpaired) electrons. The third kappa shape index (κ3) is 4.56. The molecule has 0 aromatic heterocycles. The summed E-state index contributed by atoms with van der Waals surface area (Å²) < 4.78 is 5.56. The van der Waals surface area contributed by atoms with Crippen molar-refractivity contribution in [2.75, 3.05) is 7.11 Å². The van der Waals surface area contributed by atoms with Crippen LogP contribution in [-0.4, -0.2) is 34.7 Å². The molecule has 2 aliphatic rings. The van der Waals surface area contributed by atoms with Crippen molar-refractivity contribution in [2.24, 2.45) is 16.7 Å². The highest BCUT2D eigenvalue weighted by Crippen LogP contribution is 2.49. The van der Waals surface area contributed by atoms with E-state index in [1.165, 1.54) is 13.2 Å². The first kappa shape index (κ1) is 23.5. The third-order valence-corrected chi connectivity index (χ3v) is 6.77. The number of Topliss-reactive ketones (excluding diaryl/α,β-unsaturated/α-hetero) is 3. The van der Waals surface area contributed by atoms with Crippen molar-refractivity contribution in [3.8, 4) is 11.5 Å². The Labute approximate surface area is 190 Å². The minimum Gasteiger partial charge on any atom is -0.512 e. The fourth-order valence-electron chi connectivity index (χ4n) is 4.89. The molecule has 1 aromatic carbocycles. The van der Waals surface area contributed by atoms with E-state index in [1.54, 1.807) is 6.07 Å². The topological polar surface area (TPSA) is 101 Å². The highest BCUT2D eigenvalue weighted by molar-refractivity contribution is 9.10. The van der Waals surface area contributed by atoms with Gasteiger partial charge in [-0.3, -0.25) is 14.4 Å². The number of aromatic hydroxyl groups is 1. The Morgan fingerprint density at radius 2 is 1.52 bits per heavy atom. The molecule has 0 saturated heterocycles. The smallest absolute Gasteiger partial charge is 0.172 e. The number of benzene rings is 1. The first-order chi connectivity index (χ1) is 14.3. The molecule has 1 fully saturated rings. The van der Waals surface area contributed by atoms with E-state index < -0.39 is 22.7 Å². The van der Waals surface area contributed by atoms with Crippen LogP contribution in [0.2, 0.25) is 0 Å². The fraction of sp³-hybridized carbons (Fsp3) is 0.542. The van der Waals surface area contributed by atoms with Gasteiger partial charge in [-0.05, 0) is 44.5 Å². The fourth-order valence-corrected chi connectivity index (χ4v) is 5.35. The average Bonchev–Trinajstić information content (AvgIpc) is 2.59. The lowest BCUT2D eigenvalue weighted by molar-refractivity contribution is -0.140. The summed E-state index contributed by atoms with van der Waals surface area (Å²) in [7, 11) is 1.39. The zero-order valence-electron chi connectivity index (χ0n) is 18.5. The highest BCUT2D eigenvalue weighted by atomic mass is 79.9. The quantitative estimate of drug-likeness (QED) is 0.572. The Morgan fingerprint density at radius 1 is 0.968 bits per heavy atom. The van der Waals surface area contributed by atoms with E-state index in [4.69, 9.17) is 4.74 Å². The van der Waals surface area contributed by atoms with Crippen molar-refractivity contribution < 1.29 is 29.3 Å². The molecule has 2 aliphatic carbocycles. The molecule has 3 rings (SSSR count). The number of hydrogen-bond acceptors (Lipinski definition) is 6. The second kappa shape index (κ2) is 8.08. The second-order valence-electron chi connectivity index (χ2n) is 10.3. The van der Waals surface area contributed by atoms with Crippen LogP contribution in [0.1, 0.15) is 64.9 Å². The number of hydrogen-bond donors (Lipinski definition) is 2. The predicted molar refractivity (Wildman–Crippen MR) is 119 cm³/mol. The molecule has 0 amide bonds. The van der Waals surface area contributed by atoms with Gasteiger partial charge in [0, 0.05) is 37.2 Å². The summed E-state index contributed by atoms with van der Waals surface area (Å²) in [4.78, 5) is 39.6. The molecule has 6 nitrogen and oxygen atoms in total. The number of allylic oxidation sites excluding steroid dienone is 2. The number of ether oxygens (including phenoxy) is 1. The summed E-state index contributed by atoms with van der Waals surface area (Å²) >= 11 is 3.29. The minimum absolute atomic E-state index is 0.0835. The number of carbonyl (C=O) groups excluding carboxylic acids is 3. The summed E-state index contributed by atoms with van der Waals surface area (Å²) in [5.74, 6) is -2.83. The van der Waals surface area contributed by atoms with Crippen LogP contribution in [0.4, 0.5) is 0 Å². The van der Waals surface area contributed by atoms with Gasteiger partial charge in [0.1, 0.15) is 17.3 Å². The van der Waals surface area contributed by atoms with Crippen molar-refractivity contribution >= 4 is 33.3 Å². The first-order valence-corrected chi connectivity index (χ1v) is 11.1. The maximum Gasteiger partial charge on any atom is 0.172 e. The van der Waals surface area contributed by atoms with Gasteiger partial charge in [0.15, 0.2) is 17.3 Å². The number of aliphatic hydroxyl groups excluding tert-OH is 1. The van der Waals surface area contributed by atoms with E-state index in [0.717, 1.165) is 0 Å². The van der Waals surface area contributed by atoms with E-state index in [1.807, 2.05) is 27.7 Å². The van der Waals surface area contributed by atoms with Gasteiger partial charge in [0.05, 0.1) is 17.5 Å². The Morgan fingerprint density at radius 3 is 2.03 bits per heavy atom. The maximum absolute atomic E-state index is 13.2. The number of ketones is 3. The minimum atomic E-state index is -1.07. The second-order valence-corrected chi connectivity index (χ2v) is 11.1. The lowest BCUT2D eigenvalue weighted by Gasteiger charge is -2.39. The van der Waals surface area contributed by atoms with Crippen LogP contribution >= 0.6 is 15.9 Å². The number of methoxy groups -OCH3 is 1. The molecule has 31 heavy (non-hydrogen) atoms. The number of halogens is 1.